The second-order valence-electron chi connectivity index (χ2n) is 10.3. The van der Waals surface area contributed by atoms with Crippen molar-refractivity contribution < 1.29 is 32.3 Å². The summed E-state index contributed by atoms with van der Waals surface area (Å²) >= 11 is 0. The fourth-order valence-electron chi connectivity index (χ4n) is 5.18. The number of fused-ring (bicyclic) bond motifs is 1. The van der Waals surface area contributed by atoms with Crippen LogP contribution in [-0.4, -0.2) is 69.7 Å². The van der Waals surface area contributed by atoms with Crippen LogP contribution < -0.4 is 14.2 Å². The van der Waals surface area contributed by atoms with Gasteiger partial charge in [-0.1, -0.05) is 48.9 Å². The van der Waals surface area contributed by atoms with Crippen LogP contribution in [0.2, 0.25) is 0 Å². The van der Waals surface area contributed by atoms with E-state index in [0.717, 1.165) is 56.8 Å². The molecule has 1 atom stereocenters. The van der Waals surface area contributed by atoms with Gasteiger partial charge in [-0.3, -0.25) is 9.45 Å². The first-order valence-corrected chi connectivity index (χ1v) is 15.8. The highest BCUT2D eigenvalue weighted by atomic mass is 32.2. The standard InChI is InChI=1S/C32H35NO4.CH4O3S/c1-35-27-8-6-7-24(21-27)29-15-11-25-22-28(36-2)14-16-30(25)31(29)32(34)23-9-12-26(13-10-23)37-20-19-33-17-4-3-5-18-33;1-5(2,3)4/h6-16,21-22,32,34H,3-5,17-20H2,1-2H3;1H3,(H,2,3,4). The van der Waals surface area contributed by atoms with Gasteiger partial charge in [0.15, 0.2) is 0 Å². The van der Waals surface area contributed by atoms with Gasteiger partial charge in [0, 0.05) is 12.1 Å². The van der Waals surface area contributed by atoms with Gasteiger partial charge in [-0.05, 0) is 89.8 Å². The number of hydrogen-bond donors (Lipinski definition) is 2. The zero-order valence-corrected chi connectivity index (χ0v) is 25.1. The number of piperidine rings is 1. The van der Waals surface area contributed by atoms with Crippen molar-refractivity contribution in [1.82, 2.24) is 4.90 Å². The predicted octanol–water partition coefficient (Wildman–Crippen LogP) is 5.97. The summed E-state index contributed by atoms with van der Waals surface area (Å²) in [5.74, 6) is 2.38. The van der Waals surface area contributed by atoms with Crippen molar-refractivity contribution in [1.29, 1.82) is 0 Å². The zero-order chi connectivity index (χ0) is 30.1. The number of aliphatic hydroxyl groups excluding tert-OH is 1. The average molecular weight is 594 g/mol. The molecule has 0 aromatic heterocycles. The van der Waals surface area contributed by atoms with Gasteiger partial charge in [-0.2, -0.15) is 8.42 Å². The third-order valence-electron chi connectivity index (χ3n) is 7.24. The quantitative estimate of drug-likeness (QED) is 0.229. The number of hydrogen-bond acceptors (Lipinski definition) is 7. The van der Waals surface area contributed by atoms with Crippen molar-refractivity contribution in [2.24, 2.45) is 0 Å². The molecule has 1 unspecified atom stereocenters. The zero-order valence-electron chi connectivity index (χ0n) is 24.3. The molecule has 5 rings (SSSR count). The first kappa shape index (κ1) is 31.3. The topological polar surface area (TPSA) is 106 Å². The van der Waals surface area contributed by atoms with E-state index >= 15 is 0 Å². The summed E-state index contributed by atoms with van der Waals surface area (Å²) in [6.07, 6.45) is 3.80. The first-order chi connectivity index (χ1) is 20.2. The predicted molar refractivity (Wildman–Crippen MR) is 166 cm³/mol. The Kier molecular flexibility index (Phi) is 10.8. The Hall–Kier alpha value is -3.63. The Morgan fingerprint density at radius 3 is 2.14 bits per heavy atom. The molecule has 1 aliphatic heterocycles. The van der Waals surface area contributed by atoms with Crippen molar-refractivity contribution in [3.8, 4) is 28.4 Å². The van der Waals surface area contributed by atoms with E-state index in [1.807, 2.05) is 66.7 Å². The van der Waals surface area contributed by atoms with Crippen LogP contribution in [-0.2, 0) is 10.1 Å². The summed E-state index contributed by atoms with van der Waals surface area (Å²) in [5.41, 5.74) is 3.62. The lowest BCUT2D eigenvalue weighted by atomic mass is 9.88. The van der Waals surface area contributed by atoms with Crippen molar-refractivity contribution in [2.45, 2.75) is 25.4 Å². The Bertz CT molecular complexity index is 1560. The molecule has 0 aliphatic carbocycles. The van der Waals surface area contributed by atoms with E-state index in [2.05, 4.69) is 17.0 Å². The number of likely N-dealkylation sites (tertiary alicyclic amines) is 1. The second kappa shape index (κ2) is 14.5. The van der Waals surface area contributed by atoms with Crippen LogP contribution in [0.25, 0.3) is 21.9 Å². The van der Waals surface area contributed by atoms with Gasteiger partial charge in [0.1, 0.15) is 30.0 Å². The number of methoxy groups -OCH3 is 2. The van der Waals surface area contributed by atoms with Crippen molar-refractivity contribution in [3.05, 3.63) is 90.0 Å². The lowest BCUT2D eigenvalue weighted by Gasteiger charge is -2.26. The molecule has 1 aliphatic rings. The molecule has 224 valence electrons. The highest BCUT2D eigenvalue weighted by Crippen LogP contribution is 2.39. The molecule has 0 amide bonds. The van der Waals surface area contributed by atoms with Crippen LogP contribution in [0.4, 0.5) is 0 Å². The summed E-state index contributed by atoms with van der Waals surface area (Å²) in [6, 6.07) is 25.9. The van der Waals surface area contributed by atoms with Crippen LogP contribution in [0, 0.1) is 0 Å². The second-order valence-corrected chi connectivity index (χ2v) is 11.8. The minimum atomic E-state index is -3.67. The van der Waals surface area contributed by atoms with Crippen LogP contribution in [0.3, 0.4) is 0 Å². The fourth-order valence-corrected chi connectivity index (χ4v) is 5.18. The molecule has 9 heteroatoms. The lowest BCUT2D eigenvalue weighted by Crippen LogP contribution is -2.33. The molecule has 0 saturated carbocycles. The number of benzene rings is 4. The number of aliphatic hydroxyl groups is 1. The van der Waals surface area contributed by atoms with E-state index in [1.54, 1.807) is 14.2 Å². The lowest BCUT2D eigenvalue weighted by molar-refractivity contribution is 0.183. The molecule has 1 saturated heterocycles. The fraction of sp³-hybridized carbons (Fsp3) is 0.333. The number of rotatable bonds is 9. The summed E-state index contributed by atoms with van der Waals surface area (Å²) in [6.45, 7) is 3.96. The van der Waals surface area contributed by atoms with Gasteiger partial charge in [0.2, 0.25) is 0 Å². The minimum Gasteiger partial charge on any atom is -0.497 e. The van der Waals surface area contributed by atoms with E-state index in [0.29, 0.717) is 12.9 Å². The normalized spacial score (nSPS) is 14.5. The highest BCUT2D eigenvalue weighted by molar-refractivity contribution is 7.85. The minimum absolute atomic E-state index is 0.674. The summed E-state index contributed by atoms with van der Waals surface area (Å²) < 4.78 is 42.8. The monoisotopic (exact) mass is 593 g/mol. The van der Waals surface area contributed by atoms with Crippen LogP contribution >= 0.6 is 0 Å². The van der Waals surface area contributed by atoms with Crippen LogP contribution in [0.5, 0.6) is 17.2 Å². The van der Waals surface area contributed by atoms with E-state index in [4.69, 9.17) is 18.8 Å². The average Bonchev–Trinajstić information content (AvgIpc) is 3.00. The molecule has 8 nitrogen and oxygen atoms in total. The van der Waals surface area contributed by atoms with Crippen molar-refractivity contribution >= 4 is 20.9 Å². The first-order valence-electron chi connectivity index (χ1n) is 14.0. The molecule has 1 heterocycles. The van der Waals surface area contributed by atoms with Gasteiger partial charge in [-0.15, -0.1) is 0 Å². The molecular formula is C33H39NO7S. The Morgan fingerprint density at radius 2 is 1.48 bits per heavy atom. The highest BCUT2D eigenvalue weighted by Gasteiger charge is 2.20. The Balaban J connectivity index is 0.000000748. The van der Waals surface area contributed by atoms with Gasteiger partial charge in [0.25, 0.3) is 10.1 Å². The van der Waals surface area contributed by atoms with E-state index in [1.165, 1.54) is 32.4 Å². The van der Waals surface area contributed by atoms with E-state index in [-0.39, 0.29) is 0 Å². The molecule has 0 radical (unpaired) electrons. The molecule has 1 fully saturated rings. The molecule has 2 N–H and O–H groups in total. The smallest absolute Gasteiger partial charge is 0.261 e. The maximum atomic E-state index is 11.7. The van der Waals surface area contributed by atoms with Gasteiger partial charge in [0.05, 0.1) is 20.5 Å². The third-order valence-corrected chi connectivity index (χ3v) is 7.24. The molecular weight excluding hydrogens is 554 g/mol. The van der Waals surface area contributed by atoms with Gasteiger partial charge in [-0.25, -0.2) is 0 Å². The maximum Gasteiger partial charge on any atom is 0.261 e. The van der Waals surface area contributed by atoms with Crippen LogP contribution in [0.1, 0.15) is 36.5 Å². The molecule has 0 bridgehead atoms. The molecule has 4 aromatic carbocycles. The molecule has 0 spiro atoms. The summed E-state index contributed by atoms with van der Waals surface area (Å²) in [7, 11) is -0.338. The number of nitrogens with zero attached hydrogens (tertiary/aromatic N) is 1. The van der Waals surface area contributed by atoms with E-state index < -0.39 is 16.2 Å². The van der Waals surface area contributed by atoms with Crippen LogP contribution in [0.15, 0.2) is 78.9 Å². The summed E-state index contributed by atoms with van der Waals surface area (Å²) in [4.78, 5) is 2.47. The Labute approximate surface area is 248 Å². The largest absolute Gasteiger partial charge is 0.497 e. The Morgan fingerprint density at radius 1 is 0.833 bits per heavy atom. The summed E-state index contributed by atoms with van der Waals surface area (Å²) in [5, 5.41) is 13.7. The number of ether oxygens (including phenoxy) is 3. The third kappa shape index (κ3) is 8.69. The molecule has 42 heavy (non-hydrogen) atoms. The van der Waals surface area contributed by atoms with E-state index in [9.17, 15) is 13.5 Å². The van der Waals surface area contributed by atoms with Gasteiger partial charge >= 0.3 is 0 Å². The van der Waals surface area contributed by atoms with Gasteiger partial charge < -0.3 is 19.3 Å². The SMILES string of the molecule is COc1cccc(-c2ccc3cc(OC)ccc3c2C(O)c2ccc(OCCN3CCCCC3)cc2)c1.CS(=O)(=O)O. The van der Waals surface area contributed by atoms with Crippen molar-refractivity contribution in [3.63, 3.8) is 0 Å². The molecule has 4 aromatic rings. The van der Waals surface area contributed by atoms with Crippen molar-refractivity contribution in [2.75, 3.05) is 46.7 Å². The maximum absolute atomic E-state index is 11.7.